The zero-order chi connectivity index (χ0) is 19.2. The first kappa shape index (κ1) is 19.6. The fourth-order valence-corrected chi connectivity index (χ4v) is 3.61. The highest BCUT2D eigenvalue weighted by atomic mass is 16.5. The summed E-state index contributed by atoms with van der Waals surface area (Å²) in [6.45, 7) is 5.83. The molecule has 0 atom stereocenters. The van der Waals surface area contributed by atoms with Crippen molar-refractivity contribution in [3.63, 3.8) is 0 Å². The van der Waals surface area contributed by atoms with Crippen molar-refractivity contribution in [2.45, 2.75) is 52.0 Å². The van der Waals surface area contributed by atoms with Gasteiger partial charge in [-0.05, 0) is 62.1 Å². The van der Waals surface area contributed by atoms with Gasteiger partial charge in [-0.2, -0.15) is 0 Å². The molecule has 4 rings (SSSR count). The van der Waals surface area contributed by atoms with E-state index >= 15 is 0 Å². The van der Waals surface area contributed by atoms with Gasteiger partial charge in [0.05, 0.1) is 5.39 Å². The van der Waals surface area contributed by atoms with Gasteiger partial charge in [0.15, 0.2) is 0 Å². The molecule has 0 unspecified atom stereocenters. The number of rotatable bonds is 2. The van der Waals surface area contributed by atoms with Crippen LogP contribution < -0.4 is 11.3 Å². The summed E-state index contributed by atoms with van der Waals surface area (Å²) in [7, 11) is 0. The minimum Gasteiger partial charge on any atom is -0.381 e. The quantitative estimate of drug-likeness (QED) is 0.867. The Labute approximate surface area is 161 Å². The van der Waals surface area contributed by atoms with E-state index in [4.69, 9.17) is 10.5 Å². The number of allylic oxidation sites excluding steroid dienone is 4. The summed E-state index contributed by atoms with van der Waals surface area (Å²) in [5.41, 5.74) is 8.80. The Balaban J connectivity index is 0.000000253. The van der Waals surface area contributed by atoms with E-state index in [-0.39, 0.29) is 5.56 Å². The fourth-order valence-electron chi connectivity index (χ4n) is 3.61. The van der Waals surface area contributed by atoms with Crippen molar-refractivity contribution in [2.75, 3.05) is 13.2 Å². The Bertz CT molecular complexity index is 902. The third kappa shape index (κ3) is 4.57. The van der Waals surface area contributed by atoms with Gasteiger partial charge in [-0.1, -0.05) is 37.3 Å². The second-order valence-electron chi connectivity index (χ2n) is 7.23. The van der Waals surface area contributed by atoms with Gasteiger partial charge in [-0.15, -0.1) is 0 Å². The van der Waals surface area contributed by atoms with Crippen molar-refractivity contribution in [3.8, 4) is 0 Å². The van der Waals surface area contributed by atoms with Crippen molar-refractivity contribution < 1.29 is 4.74 Å². The van der Waals surface area contributed by atoms with Gasteiger partial charge >= 0.3 is 0 Å². The molecule has 4 nitrogen and oxygen atoms in total. The van der Waals surface area contributed by atoms with Crippen molar-refractivity contribution >= 4 is 16.5 Å². The van der Waals surface area contributed by atoms with Gasteiger partial charge in [0.1, 0.15) is 0 Å². The molecule has 0 amide bonds. The zero-order valence-electron chi connectivity index (χ0n) is 16.4. The lowest BCUT2D eigenvalue weighted by molar-refractivity contribution is 0.0866. The van der Waals surface area contributed by atoms with Crippen LogP contribution in [0, 0.1) is 6.92 Å². The molecule has 0 bridgehead atoms. The van der Waals surface area contributed by atoms with Gasteiger partial charge in [-0.25, -0.2) is 0 Å². The minimum atomic E-state index is 0.107. The van der Waals surface area contributed by atoms with E-state index in [1.54, 1.807) is 0 Å². The second kappa shape index (κ2) is 9.16. The Hall–Kier alpha value is -2.17. The van der Waals surface area contributed by atoms with E-state index < -0.39 is 0 Å². The molecule has 2 heterocycles. The van der Waals surface area contributed by atoms with Crippen LogP contribution in [0.25, 0.3) is 16.5 Å². The number of aryl methyl sites for hydroxylation is 2. The van der Waals surface area contributed by atoms with Crippen LogP contribution in [-0.2, 0) is 11.2 Å². The van der Waals surface area contributed by atoms with E-state index in [0.717, 1.165) is 73.0 Å². The summed E-state index contributed by atoms with van der Waals surface area (Å²) in [6, 6.07) is 8.60. The van der Waals surface area contributed by atoms with E-state index in [9.17, 15) is 4.79 Å². The summed E-state index contributed by atoms with van der Waals surface area (Å²) in [5.74, 6) is 0. The Kier molecular flexibility index (Phi) is 6.64. The largest absolute Gasteiger partial charge is 0.381 e. The lowest BCUT2D eigenvalue weighted by Crippen LogP contribution is -2.28. The monoisotopic (exact) mass is 366 g/mol. The molecular formula is C23H30N2O2. The molecule has 1 aliphatic heterocycles. The van der Waals surface area contributed by atoms with E-state index in [0.29, 0.717) is 6.04 Å². The smallest absolute Gasteiger partial charge is 0.263 e. The average molecular weight is 367 g/mol. The SMILES string of the molecule is CCc1cc2cccc(C)c2c(=O)n1C1=CCCC=C1.NC1CCOCC1. The highest BCUT2D eigenvalue weighted by Gasteiger charge is 2.12. The lowest BCUT2D eigenvalue weighted by Gasteiger charge is -2.17. The topological polar surface area (TPSA) is 57.2 Å². The van der Waals surface area contributed by atoms with Crippen LogP contribution in [0.4, 0.5) is 0 Å². The van der Waals surface area contributed by atoms with Crippen LogP contribution in [0.5, 0.6) is 0 Å². The normalized spacial score (nSPS) is 17.4. The van der Waals surface area contributed by atoms with Gasteiger partial charge < -0.3 is 10.5 Å². The molecule has 1 aromatic carbocycles. The molecule has 1 saturated heterocycles. The van der Waals surface area contributed by atoms with Gasteiger partial charge in [-0.3, -0.25) is 9.36 Å². The predicted molar refractivity (Wildman–Crippen MR) is 113 cm³/mol. The summed E-state index contributed by atoms with van der Waals surface area (Å²) < 4.78 is 6.94. The van der Waals surface area contributed by atoms with Crippen LogP contribution in [-0.4, -0.2) is 23.8 Å². The maximum atomic E-state index is 12.9. The van der Waals surface area contributed by atoms with Crippen LogP contribution in [0.2, 0.25) is 0 Å². The molecule has 2 aromatic rings. The standard InChI is InChI=1S/C18H19NO.C5H11NO/c1-3-15-12-14-9-7-8-13(2)17(14)18(20)19(15)16-10-5-4-6-11-16;6-5-1-3-7-4-2-5/h5,7-12H,3-4,6H2,1-2H3;5H,1-4,6H2. The van der Waals surface area contributed by atoms with E-state index in [2.05, 4.69) is 31.2 Å². The number of fused-ring (bicyclic) bond motifs is 1. The molecule has 4 heteroatoms. The molecule has 1 aromatic heterocycles. The third-order valence-electron chi connectivity index (χ3n) is 5.19. The van der Waals surface area contributed by atoms with Crippen molar-refractivity contribution in [1.82, 2.24) is 4.57 Å². The van der Waals surface area contributed by atoms with Crippen LogP contribution in [0.1, 0.15) is 43.9 Å². The van der Waals surface area contributed by atoms with Gasteiger partial charge in [0.2, 0.25) is 0 Å². The summed E-state index contributed by atoms with van der Waals surface area (Å²) in [6.07, 6.45) is 11.4. The molecule has 27 heavy (non-hydrogen) atoms. The molecule has 144 valence electrons. The maximum absolute atomic E-state index is 12.9. The predicted octanol–water partition coefficient (Wildman–Crippen LogP) is 4.19. The number of nitrogens with two attached hydrogens (primary N) is 1. The number of hydrogen-bond donors (Lipinski definition) is 1. The summed E-state index contributed by atoms with van der Waals surface area (Å²) in [4.78, 5) is 12.9. The number of benzene rings is 1. The first-order valence-electron chi connectivity index (χ1n) is 9.96. The second-order valence-corrected chi connectivity index (χ2v) is 7.23. The Morgan fingerprint density at radius 1 is 1.22 bits per heavy atom. The molecule has 2 aliphatic rings. The molecular weight excluding hydrogens is 336 g/mol. The molecule has 1 fully saturated rings. The highest BCUT2D eigenvalue weighted by molar-refractivity contribution is 5.86. The van der Waals surface area contributed by atoms with Crippen LogP contribution in [0.15, 0.2) is 47.3 Å². The van der Waals surface area contributed by atoms with E-state index in [1.165, 1.54) is 0 Å². The molecule has 1 aliphatic carbocycles. The van der Waals surface area contributed by atoms with Gasteiger partial charge in [0.25, 0.3) is 5.56 Å². The lowest BCUT2D eigenvalue weighted by atomic mass is 10.0. The van der Waals surface area contributed by atoms with Crippen molar-refractivity contribution in [1.29, 1.82) is 0 Å². The molecule has 0 radical (unpaired) electrons. The average Bonchev–Trinajstić information content (AvgIpc) is 2.69. The Morgan fingerprint density at radius 3 is 2.59 bits per heavy atom. The third-order valence-corrected chi connectivity index (χ3v) is 5.19. The van der Waals surface area contributed by atoms with Crippen LogP contribution >= 0.6 is 0 Å². The van der Waals surface area contributed by atoms with Crippen LogP contribution in [0.3, 0.4) is 0 Å². The maximum Gasteiger partial charge on any atom is 0.263 e. The fraction of sp³-hybridized carbons (Fsp3) is 0.435. The number of pyridine rings is 1. The first-order valence-corrected chi connectivity index (χ1v) is 9.96. The first-order chi connectivity index (χ1) is 13.1. The van der Waals surface area contributed by atoms with Crippen molar-refractivity contribution in [2.24, 2.45) is 5.73 Å². The number of aromatic nitrogens is 1. The highest BCUT2D eigenvalue weighted by Crippen LogP contribution is 2.21. The number of ether oxygens (including phenoxy) is 1. The van der Waals surface area contributed by atoms with E-state index in [1.807, 2.05) is 29.7 Å². The van der Waals surface area contributed by atoms with Gasteiger partial charge in [0, 0.05) is 30.6 Å². The summed E-state index contributed by atoms with van der Waals surface area (Å²) in [5, 5.41) is 1.88. The molecule has 0 spiro atoms. The number of nitrogens with zero attached hydrogens (tertiary/aromatic N) is 1. The molecule has 2 N–H and O–H groups in total. The number of hydrogen-bond acceptors (Lipinski definition) is 3. The van der Waals surface area contributed by atoms with Crippen molar-refractivity contribution in [3.05, 3.63) is 64.1 Å². The minimum absolute atomic E-state index is 0.107. The Morgan fingerprint density at radius 2 is 2.00 bits per heavy atom. The zero-order valence-corrected chi connectivity index (χ0v) is 16.4. The molecule has 0 saturated carbocycles. The summed E-state index contributed by atoms with van der Waals surface area (Å²) >= 11 is 0.